The number of nitrogens with one attached hydrogen (secondary N) is 2. The van der Waals surface area contributed by atoms with Gasteiger partial charge in [-0.1, -0.05) is 26.0 Å². The Morgan fingerprint density at radius 2 is 1.97 bits per heavy atom. The molecular formula is C20H23IN4O4. The minimum Gasteiger partial charge on any atom is -0.493 e. The van der Waals surface area contributed by atoms with Crippen LogP contribution >= 0.6 is 22.6 Å². The molecule has 29 heavy (non-hydrogen) atoms. The fourth-order valence-electron chi connectivity index (χ4n) is 3.25. The van der Waals surface area contributed by atoms with Crippen LogP contribution in [0.3, 0.4) is 0 Å². The highest BCUT2D eigenvalue weighted by Gasteiger charge is 2.28. The predicted molar refractivity (Wildman–Crippen MR) is 117 cm³/mol. The fraction of sp³-hybridized carbons (Fsp3) is 0.350. The summed E-state index contributed by atoms with van der Waals surface area (Å²) in [6.07, 6.45) is 1.96. The number of hydrogen-bond acceptors (Lipinski definition) is 5. The number of esters is 1. The number of aryl methyl sites for hydroxylation is 1. The number of nitrogens with zero attached hydrogens (tertiary/aromatic N) is 2. The van der Waals surface area contributed by atoms with Crippen molar-refractivity contribution in [2.24, 2.45) is 5.92 Å². The van der Waals surface area contributed by atoms with Gasteiger partial charge in [0, 0.05) is 9.99 Å². The molecule has 3 N–H and O–H groups in total. The average Bonchev–Trinajstić information content (AvgIpc) is 3.27. The zero-order valence-corrected chi connectivity index (χ0v) is 18.6. The lowest BCUT2D eigenvalue weighted by molar-refractivity contribution is -0.140. The highest BCUT2D eigenvalue weighted by atomic mass is 127. The molecule has 3 rings (SSSR count). The number of rotatable bonds is 7. The van der Waals surface area contributed by atoms with Gasteiger partial charge in [0.25, 0.3) is 0 Å². The topological polar surface area (TPSA) is 113 Å². The van der Waals surface area contributed by atoms with Gasteiger partial charge in [-0.15, -0.1) is 0 Å². The Hall–Kier alpha value is -2.56. The molecule has 154 valence electrons. The number of halogens is 1. The first kappa shape index (κ1) is 21.2. The Morgan fingerprint density at radius 3 is 2.59 bits per heavy atom. The van der Waals surface area contributed by atoms with Gasteiger partial charge in [0.15, 0.2) is 0 Å². The van der Waals surface area contributed by atoms with Crippen LogP contribution in [-0.4, -0.2) is 37.7 Å². The molecular weight excluding hydrogens is 487 g/mol. The van der Waals surface area contributed by atoms with Gasteiger partial charge < -0.3 is 19.8 Å². The molecule has 3 aromatic rings. The molecule has 2 heterocycles. The summed E-state index contributed by atoms with van der Waals surface area (Å²) in [6, 6.07) is 7.50. The smallest absolute Gasteiger partial charge is 0.329 e. The molecule has 1 unspecified atom stereocenters. The first-order chi connectivity index (χ1) is 13.8. The number of carbonyl (C=O) groups is 1. The molecule has 0 spiro atoms. The number of benzene rings is 1. The summed E-state index contributed by atoms with van der Waals surface area (Å²) >= 11 is 2.25. The van der Waals surface area contributed by atoms with E-state index in [1.165, 1.54) is 11.7 Å². The van der Waals surface area contributed by atoms with Crippen molar-refractivity contribution in [3.8, 4) is 17.1 Å². The van der Waals surface area contributed by atoms with E-state index in [-0.39, 0.29) is 24.6 Å². The van der Waals surface area contributed by atoms with Crippen LogP contribution in [0, 0.1) is 9.49 Å². The van der Waals surface area contributed by atoms with Crippen molar-refractivity contribution in [1.82, 2.24) is 19.5 Å². The van der Waals surface area contributed by atoms with E-state index in [4.69, 9.17) is 0 Å². The Kier molecular flexibility index (Phi) is 6.46. The fourth-order valence-corrected chi connectivity index (χ4v) is 3.61. The summed E-state index contributed by atoms with van der Waals surface area (Å²) < 4.78 is 7.04. The Bertz CT molecular complexity index is 1050. The van der Waals surface area contributed by atoms with Gasteiger partial charge in [-0.3, -0.25) is 9.36 Å². The molecule has 1 aromatic carbocycles. The Morgan fingerprint density at radius 1 is 1.28 bits per heavy atom. The zero-order valence-electron chi connectivity index (χ0n) is 16.4. The predicted octanol–water partition coefficient (Wildman–Crippen LogP) is 3.23. The summed E-state index contributed by atoms with van der Waals surface area (Å²) in [5, 5.41) is 10.7. The number of ether oxygens (including phenoxy) is 1. The molecule has 1 atom stereocenters. The second kappa shape index (κ2) is 8.85. The molecule has 0 saturated carbocycles. The van der Waals surface area contributed by atoms with E-state index >= 15 is 0 Å². The molecule has 0 bridgehead atoms. The van der Waals surface area contributed by atoms with E-state index in [1.807, 2.05) is 38.1 Å². The highest BCUT2D eigenvalue weighted by molar-refractivity contribution is 14.1. The van der Waals surface area contributed by atoms with Crippen LogP contribution in [0.25, 0.3) is 11.3 Å². The maximum absolute atomic E-state index is 12.6. The van der Waals surface area contributed by atoms with Crippen LogP contribution in [0.5, 0.6) is 5.88 Å². The summed E-state index contributed by atoms with van der Waals surface area (Å²) in [5.74, 6) is -0.0560. The van der Waals surface area contributed by atoms with Crippen molar-refractivity contribution < 1.29 is 14.6 Å². The highest BCUT2D eigenvalue weighted by Crippen LogP contribution is 2.30. The van der Waals surface area contributed by atoms with Gasteiger partial charge in [-0.2, -0.15) is 0 Å². The quantitative estimate of drug-likeness (QED) is 0.334. The number of H-pyrrole nitrogens is 2. The van der Waals surface area contributed by atoms with Gasteiger partial charge >= 0.3 is 11.7 Å². The zero-order chi connectivity index (χ0) is 21.1. The second-order valence-electron chi connectivity index (χ2n) is 7.06. The number of aromatic nitrogens is 4. The number of aromatic hydroxyl groups is 1. The molecule has 0 saturated heterocycles. The van der Waals surface area contributed by atoms with Crippen LogP contribution in [0.1, 0.15) is 37.8 Å². The van der Waals surface area contributed by atoms with Gasteiger partial charge in [0.1, 0.15) is 11.9 Å². The molecule has 0 aliphatic carbocycles. The first-order valence-electron chi connectivity index (χ1n) is 9.21. The largest absolute Gasteiger partial charge is 0.493 e. The monoisotopic (exact) mass is 510 g/mol. The third-order valence-electron chi connectivity index (χ3n) is 4.72. The van der Waals surface area contributed by atoms with Crippen molar-refractivity contribution in [2.75, 3.05) is 7.11 Å². The molecule has 0 aliphatic rings. The molecule has 9 heteroatoms. The van der Waals surface area contributed by atoms with E-state index in [9.17, 15) is 14.7 Å². The van der Waals surface area contributed by atoms with Gasteiger partial charge in [-0.25, -0.2) is 9.78 Å². The lowest BCUT2D eigenvalue weighted by atomic mass is 10.0. The summed E-state index contributed by atoms with van der Waals surface area (Å²) in [4.78, 5) is 34.4. The standard InChI is InChI=1S/C20H23IN4O4/c1-11(2)17(18-22-10-15(23-18)12-4-6-13(21)7-5-12)25-19(27)14(24-20(25)28)8-9-16(26)29-3/h4-7,10-11,17,27H,8-9H2,1-3H3,(H,22,23)(H,24,28). The summed E-state index contributed by atoms with van der Waals surface area (Å²) in [5.41, 5.74) is 1.66. The van der Waals surface area contributed by atoms with Crippen LogP contribution < -0.4 is 5.69 Å². The van der Waals surface area contributed by atoms with E-state index in [2.05, 4.69) is 42.3 Å². The molecule has 0 aliphatic heterocycles. The van der Waals surface area contributed by atoms with Gasteiger partial charge in [0.05, 0.1) is 31.1 Å². The van der Waals surface area contributed by atoms with E-state index in [0.717, 1.165) is 14.8 Å². The Balaban J connectivity index is 1.95. The van der Waals surface area contributed by atoms with Crippen LogP contribution in [0.2, 0.25) is 0 Å². The molecule has 0 fully saturated rings. The molecule has 8 nitrogen and oxygen atoms in total. The minimum atomic E-state index is -0.497. The van der Waals surface area contributed by atoms with Crippen molar-refractivity contribution in [3.63, 3.8) is 0 Å². The Labute approximate surface area is 181 Å². The van der Waals surface area contributed by atoms with Crippen molar-refractivity contribution >= 4 is 28.6 Å². The van der Waals surface area contributed by atoms with Crippen molar-refractivity contribution in [3.05, 3.63) is 56.0 Å². The van der Waals surface area contributed by atoms with Crippen LogP contribution in [-0.2, 0) is 16.0 Å². The third-order valence-corrected chi connectivity index (χ3v) is 5.44. The third kappa shape index (κ3) is 4.55. The van der Waals surface area contributed by atoms with Crippen LogP contribution in [0.4, 0.5) is 0 Å². The minimum absolute atomic E-state index is 0.0291. The number of hydrogen-bond donors (Lipinski definition) is 3. The lowest BCUT2D eigenvalue weighted by Gasteiger charge is -2.20. The van der Waals surface area contributed by atoms with E-state index < -0.39 is 17.7 Å². The lowest BCUT2D eigenvalue weighted by Crippen LogP contribution is -2.27. The van der Waals surface area contributed by atoms with Crippen molar-refractivity contribution in [1.29, 1.82) is 0 Å². The normalized spacial score (nSPS) is 12.3. The molecule has 0 amide bonds. The maximum atomic E-state index is 12.6. The molecule has 0 radical (unpaired) electrons. The number of aromatic amines is 2. The average molecular weight is 510 g/mol. The molecule has 2 aromatic heterocycles. The summed E-state index contributed by atoms with van der Waals surface area (Å²) in [6.45, 7) is 3.90. The first-order valence-corrected chi connectivity index (χ1v) is 10.3. The summed E-state index contributed by atoms with van der Waals surface area (Å²) in [7, 11) is 1.30. The number of imidazole rings is 2. The van der Waals surface area contributed by atoms with Crippen LogP contribution in [0.15, 0.2) is 35.3 Å². The number of carbonyl (C=O) groups excluding carboxylic acids is 1. The van der Waals surface area contributed by atoms with Gasteiger partial charge in [-0.05, 0) is 46.2 Å². The number of methoxy groups -OCH3 is 1. The van der Waals surface area contributed by atoms with Gasteiger partial charge in [0.2, 0.25) is 5.88 Å². The van der Waals surface area contributed by atoms with E-state index in [0.29, 0.717) is 11.5 Å². The maximum Gasteiger partial charge on any atom is 0.329 e. The van der Waals surface area contributed by atoms with Crippen molar-refractivity contribution in [2.45, 2.75) is 32.7 Å². The van der Waals surface area contributed by atoms with E-state index in [1.54, 1.807) is 6.20 Å². The SMILES string of the molecule is COC(=O)CCc1[nH]c(=O)n(C(c2ncc(-c3ccc(I)cc3)[nH]2)C(C)C)c1O. The second-order valence-corrected chi connectivity index (χ2v) is 8.30.